The summed E-state index contributed by atoms with van der Waals surface area (Å²) < 4.78 is 50.4. The minimum atomic E-state index is -4.59. The van der Waals surface area contributed by atoms with Gasteiger partial charge < -0.3 is 19.8 Å². The summed E-state index contributed by atoms with van der Waals surface area (Å²) >= 11 is 8.37. The van der Waals surface area contributed by atoms with Crippen molar-refractivity contribution in [3.8, 4) is 11.5 Å². The summed E-state index contributed by atoms with van der Waals surface area (Å²) in [4.78, 5) is 56.9. The highest BCUT2D eigenvalue weighted by Crippen LogP contribution is 2.54. The van der Waals surface area contributed by atoms with Gasteiger partial charge in [-0.25, -0.2) is 4.90 Å². The maximum absolute atomic E-state index is 14.0. The number of aromatic nitrogens is 1. The molecular formula is C30H21ClF3N3O6S2. The number of rotatable bonds is 7. The van der Waals surface area contributed by atoms with E-state index < -0.39 is 53.2 Å². The zero-order valence-electron chi connectivity index (χ0n) is 23.0. The largest absolute Gasteiger partial charge is 0.497 e. The van der Waals surface area contributed by atoms with Crippen molar-refractivity contribution in [3.05, 3.63) is 97.4 Å². The molecule has 0 unspecified atom stereocenters. The van der Waals surface area contributed by atoms with Crippen molar-refractivity contribution in [1.82, 2.24) is 4.98 Å². The van der Waals surface area contributed by atoms with Crippen LogP contribution >= 0.6 is 34.7 Å². The van der Waals surface area contributed by atoms with Crippen LogP contribution in [-0.2, 0) is 20.6 Å². The second kappa shape index (κ2) is 11.9. The number of aromatic amines is 1. The molecule has 3 heterocycles. The highest BCUT2D eigenvalue weighted by atomic mass is 35.5. The molecule has 2 N–H and O–H groups in total. The Hall–Kier alpha value is -4.27. The SMILES string of the molecule is COc1ccc(N2C(=O)[C@H]3[C@H](c4cc(Cl)ccc4OCC(=O)Nc4cccc(C(F)(F)F)c4)c4sc(=O)[nH]c4S[C@H]3C2=O)cc1. The Kier molecular flexibility index (Phi) is 8.14. The second-order valence-electron chi connectivity index (χ2n) is 10.1. The van der Waals surface area contributed by atoms with Gasteiger partial charge in [0.2, 0.25) is 11.8 Å². The molecule has 15 heteroatoms. The minimum absolute atomic E-state index is 0.0719. The standard InChI is InChI=1S/C30H21ClF3N3O6S2/c1-42-18-8-6-17(7-9-18)37-27(39)23-22(24-26(36-29(41)45-24)44-25(23)28(37)40)19-12-15(31)5-10-20(19)43-13-21(38)35-16-4-2-3-14(11-16)30(32,33)34/h2-12,22-23,25H,13H2,1H3,(H,35,38)(H,36,41)/t22-,23-,25+/m0/s1. The highest BCUT2D eigenvalue weighted by Gasteiger charge is 2.57. The smallest absolute Gasteiger partial charge is 0.416 e. The van der Waals surface area contributed by atoms with Gasteiger partial charge in [0.05, 0.1) is 29.3 Å². The zero-order valence-corrected chi connectivity index (χ0v) is 25.4. The molecule has 9 nitrogen and oxygen atoms in total. The van der Waals surface area contributed by atoms with Crippen LogP contribution in [-0.4, -0.2) is 41.7 Å². The van der Waals surface area contributed by atoms with Gasteiger partial charge in [-0.3, -0.25) is 19.2 Å². The maximum atomic E-state index is 14.0. The van der Waals surface area contributed by atoms with Crippen LogP contribution in [0.4, 0.5) is 24.5 Å². The van der Waals surface area contributed by atoms with E-state index in [2.05, 4.69) is 10.3 Å². The van der Waals surface area contributed by atoms with Crippen LogP contribution in [0.25, 0.3) is 0 Å². The van der Waals surface area contributed by atoms with Gasteiger partial charge in [-0.2, -0.15) is 13.2 Å². The number of anilines is 2. The van der Waals surface area contributed by atoms with Crippen LogP contribution < -0.4 is 24.6 Å². The van der Waals surface area contributed by atoms with Crippen molar-refractivity contribution in [2.24, 2.45) is 5.92 Å². The summed E-state index contributed by atoms with van der Waals surface area (Å²) in [5, 5.41) is 2.20. The highest BCUT2D eigenvalue weighted by molar-refractivity contribution is 8.00. The van der Waals surface area contributed by atoms with E-state index in [1.165, 1.54) is 31.4 Å². The lowest BCUT2D eigenvalue weighted by atomic mass is 9.82. The van der Waals surface area contributed by atoms with Crippen LogP contribution in [0.1, 0.15) is 21.9 Å². The number of hydrogen-bond donors (Lipinski definition) is 2. The molecule has 0 radical (unpaired) electrons. The van der Waals surface area contributed by atoms with Crippen LogP contribution in [0.15, 0.2) is 76.6 Å². The number of fused-ring (bicyclic) bond motifs is 2. The number of benzene rings is 3. The molecule has 2 aliphatic heterocycles. The molecule has 0 aliphatic carbocycles. The molecular weight excluding hydrogens is 655 g/mol. The number of thioether (sulfide) groups is 1. The molecule has 232 valence electrons. The topological polar surface area (TPSA) is 118 Å². The van der Waals surface area contributed by atoms with E-state index in [0.29, 0.717) is 26.9 Å². The fourth-order valence-corrected chi connectivity index (χ4v) is 8.03. The lowest BCUT2D eigenvalue weighted by molar-refractivity contribution is -0.137. The van der Waals surface area contributed by atoms with Crippen molar-refractivity contribution >= 4 is 63.8 Å². The summed E-state index contributed by atoms with van der Waals surface area (Å²) in [6.07, 6.45) is -4.59. The average molecular weight is 676 g/mol. The number of halogens is 4. The van der Waals surface area contributed by atoms with Gasteiger partial charge in [0.15, 0.2) is 6.61 Å². The summed E-state index contributed by atoms with van der Waals surface area (Å²) in [6, 6.07) is 15.2. The van der Waals surface area contributed by atoms with Gasteiger partial charge in [0.25, 0.3) is 5.91 Å². The van der Waals surface area contributed by atoms with Gasteiger partial charge in [0, 0.05) is 27.1 Å². The lowest BCUT2D eigenvalue weighted by Gasteiger charge is -2.31. The number of amides is 3. The van der Waals surface area contributed by atoms with Gasteiger partial charge >= 0.3 is 11.0 Å². The molecule has 0 bridgehead atoms. The van der Waals surface area contributed by atoms with Crippen molar-refractivity contribution in [2.45, 2.75) is 22.4 Å². The number of carbonyl (C=O) groups excluding carboxylic acids is 3. The Balaban J connectivity index is 1.32. The predicted molar refractivity (Wildman–Crippen MR) is 162 cm³/mol. The normalized spacial score (nSPS) is 19.2. The number of nitrogens with zero attached hydrogens (tertiary/aromatic N) is 1. The van der Waals surface area contributed by atoms with Crippen molar-refractivity contribution in [3.63, 3.8) is 0 Å². The molecule has 45 heavy (non-hydrogen) atoms. The average Bonchev–Trinajstić information content (AvgIpc) is 3.50. The zero-order chi connectivity index (χ0) is 32.0. The van der Waals surface area contributed by atoms with Crippen LogP contribution in [0.5, 0.6) is 11.5 Å². The van der Waals surface area contributed by atoms with E-state index in [1.54, 1.807) is 30.3 Å². The number of H-pyrrole nitrogens is 1. The fourth-order valence-electron chi connectivity index (χ4n) is 5.35. The molecule has 3 amide bonds. The number of carbonyl (C=O) groups is 3. The minimum Gasteiger partial charge on any atom is -0.497 e. The molecule has 6 rings (SSSR count). The first kappa shape index (κ1) is 30.7. The first-order valence-corrected chi connectivity index (χ1v) is 15.3. The number of alkyl halides is 3. The molecule has 3 aromatic carbocycles. The molecule has 2 aliphatic rings. The second-order valence-corrected chi connectivity index (χ2v) is 12.7. The third-order valence-corrected chi connectivity index (χ3v) is 9.93. The van der Waals surface area contributed by atoms with Crippen LogP contribution in [0.2, 0.25) is 5.02 Å². The molecule has 1 saturated heterocycles. The summed E-state index contributed by atoms with van der Waals surface area (Å²) in [7, 11) is 1.50. The molecule has 0 saturated carbocycles. The van der Waals surface area contributed by atoms with Crippen LogP contribution in [0, 0.1) is 5.92 Å². The number of ether oxygens (including phenoxy) is 2. The Bertz CT molecular complexity index is 1880. The number of hydrogen-bond acceptors (Lipinski definition) is 8. The Morgan fingerprint density at radius 2 is 1.80 bits per heavy atom. The van der Waals surface area contributed by atoms with E-state index in [4.69, 9.17) is 21.1 Å². The van der Waals surface area contributed by atoms with Crippen molar-refractivity contribution in [2.75, 3.05) is 23.9 Å². The summed E-state index contributed by atoms with van der Waals surface area (Å²) in [6.45, 7) is -0.596. The van der Waals surface area contributed by atoms with E-state index in [-0.39, 0.29) is 21.3 Å². The number of nitrogens with one attached hydrogen (secondary N) is 2. The van der Waals surface area contributed by atoms with Crippen molar-refractivity contribution < 1.29 is 37.0 Å². The van der Waals surface area contributed by atoms with Gasteiger partial charge in [-0.1, -0.05) is 40.8 Å². The van der Waals surface area contributed by atoms with E-state index in [9.17, 15) is 32.3 Å². The predicted octanol–water partition coefficient (Wildman–Crippen LogP) is 5.93. The van der Waals surface area contributed by atoms with E-state index >= 15 is 0 Å². The van der Waals surface area contributed by atoms with Crippen molar-refractivity contribution in [1.29, 1.82) is 0 Å². The van der Waals surface area contributed by atoms with E-state index in [0.717, 1.165) is 40.1 Å². The van der Waals surface area contributed by atoms with Gasteiger partial charge in [-0.15, -0.1) is 0 Å². The number of imide groups is 1. The molecule has 3 atom stereocenters. The third kappa shape index (κ3) is 5.92. The molecule has 1 aromatic heterocycles. The Morgan fingerprint density at radius 1 is 1.04 bits per heavy atom. The Labute approximate surface area is 266 Å². The fraction of sp³-hybridized carbons (Fsp3) is 0.200. The number of methoxy groups -OCH3 is 1. The van der Waals surface area contributed by atoms with Gasteiger partial charge in [-0.05, 0) is 60.7 Å². The third-order valence-electron chi connectivity index (χ3n) is 7.29. The quantitative estimate of drug-likeness (QED) is 0.233. The monoisotopic (exact) mass is 675 g/mol. The molecule has 0 spiro atoms. The number of thiazole rings is 1. The first-order valence-electron chi connectivity index (χ1n) is 13.3. The lowest BCUT2D eigenvalue weighted by Crippen LogP contribution is -2.32. The molecule has 1 fully saturated rings. The van der Waals surface area contributed by atoms with Crippen LogP contribution in [0.3, 0.4) is 0 Å². The summed E-state index contributed by atoms with van der Waals surface area (Å²) in [5.74, 6) is -2.82. The first-order chi connectivity index (χ1) is 21.4. The maximum Gasteiger partial charge on any atom is 0.416 e. The van der Waals surface area contributed by atoms with E-state index in [1.807, 2.05) is 0 Å². The Morgan fingerprint density at radius 3 is 2.51 bits per heavy atom. The molecule has 4 aromatic rings. The van der Waals surface area contributed by atoms with Gasteiger partial charge in [0.1, 0.15) is 16.7 Å². The summed E-state index contributed by atoms with van der Waals surface area (Å²) in [5.41, 5.74) is -0.284.